The van der Waals surface area contributed by atoms with Gasteiger partial charge < -0.3 is 15.2 Å². The van der Waals surface area contributed by atoms with Crippen LogP contribution in [0.1, 0.15) is 30.2 Å². The van der Waals surface area contributed by atoms with Crippen molar-refractivity contribution in [2.24, 2.45) is 0 Å². The summed E-state index contributed by atoms with van der Waals surface area (Å²) < 4.78 is 5.36. The van der Waals surface area contributed by atoms with Crippen LogP contribution in [-0.4, -0.2) is 31.0 Å². The number of unbranched alkanes of at least 4 members (excludes halogenated alkanes) is 1. The lowest BCUT2D eigenvalue weighted by Gasteiger charge is -2.12. The molecule has 3 nitrogen and oxygen atoms in total. The zero-order valence-electron chi connectivity index (χ0n) is 10.7. The molecule has 0 aliphatic carbocycles. The van der Waals surface area contributed by atoms with Gasteiger partial charge in [-0.05, 0) is 30.4 Å². The first-order valence-electron chi connectivity index (χ1n) is 6.23. The molecular weight excluding hydrogens is 234 g/mol. The van der Waals surface area contributed by atoms with Crippen LogP contribution in [0.25, 0.3) is 0 Å². The third-order valence-corrected chi connectivity index (χ3v) is 3.61. The molecule has 98 valence electrons. The molecule has 17 heavy (non-hydrogen) atoms. The number of nitrogens with one attached hydrogen (secondary N) is 1. The Morgan fingerprint density at radius 1 is 1.53 bits per heavy atom. The Labute approximate surface area is 108 Å². The number of aliphatic hydroxyl groups excluding tert-OH is 1. The lowest BCUT2D eigenvalue weighted by molar-refractivity contribution is 0.0358. The highest BCUT2D eigenvalue weighted by Crippen LogP contribution is 2.14. The number of hydrogen-bond donors (Lipinski definition) is 2. The van der Waals surface area contributed by atoms with Crippen LogP contribution in [0, 0.1) is 6.92 Å². The smallest absolute Gasteiger partial charge is 0.0897 e. The SMILES string of the molecule is CCCCOCC(O)CNCc1sccc1C. The number of thiophene rings is 1. The van der Waals surface area contributed by atoms with Crippen LogP contribution in [0.15, 0.2) is 11.4 Å². The number of rotatable bonds is 9. The molecule has 4 heteroatoms. The van der Waals surface area contributed by atoms with E-state index < -0.39 is 6.10 Å². The Morgan fingerprint density at radius 2 is 2.35 bits per heavy atom. The van der Waals surface area contributed by atoms with Gasteiger partial charge in [0.25, 0.3) is 0 Å². The van der Waals surface area contributed by atoms with Crippen molar-refractivity contribution in [3.05, 3.63) is 21.9 Å². The summed E-state index contributed by atoms with van der Waals surface area (Å²) in [5, 5.41) is 15.0. The molecule has 1 heterocycles. The third kappa shape index (κ3) is 6.17. The molecule has 1 unspecified atom stereocenters. The van der Waals surface area contributed by atoms with E-state index in [9.17, 15) is 5.11 Å². The predicted octanol–water partition coefficient (Wildman–Crippen LogP) is 2.32. The predicted molar refractivity (Wildman–Crippen MR) is 72.5 cm³/mol. The van der Waals surface area contributed by atoms with Gasteiger partial charge in [-0.15, -0.1) is 11.3 Å². The molecule has 1 rings (SSSR count). The van der Waals surface area contributed by atoms with Gasteiger partial charge in [0.15, 0.2) is 0 Å². The highest BCUT2D eigenvalue weighted by molar-refractivity contribution is 7.10. The van der Waals surface area contributed by atoms with Gasteiger partial charge in [0.05, 0.1) is 12.7 Å². The summed E-state index contributed by atoms with van der Waals surface area (Å²) in [4.78, 5) is 1.34. The van der Waals surface area contributed by atoms with Gasteiger partial charge in [0.1, 0.15) is 0 Å². The molecule has 0 fully saturated rings. The minimum Gasteiger partial charge on any atom is -0.389 e. The first-order valence-corrected chi connectivity index (χ1v) is 7.11. The van der Waals surface area contributed by atoms with Crippen molar-refractivity contribution in [3.63, 3.8) is 0 Å². The molecule has 1 aromatic heterocycles. The zero-order valence-corrected chi connectivity index (χ0v) is 11.6. The second-order valence-corrected chi connectivity index (χ2v) is 5.24. The van der Waals surface area contributed by atoms with Crippen LogP contribution in [0.2, 0.25) is 0 Å². The maximum atomic E-state index is 9.66. The highest BCUT2D eigenvalue weighted by Gasteiger charge is 2.04. The molecule has 0 amide bonds. The van der Waals surface area contributed by atoms with Crippen molar-refractivity contribution >= 4 is 11.3 Å². The molecular formula is C13H23NO2S. The molecule has 1 aromatic rings. The van der Waals surface area contributed by atoms with Crippen LogP contribution in [-0.2, 0) is 11.3 Å². The van der Waals surface area contributed by atoms with Crippen LogP contribution >= 0.6 is 11.3 Å². The van der Waals surface area contributed by atoms with E-state index in [1.807, 2.05) is 0 Å². The van der Waals surface area contributed by atoms with E-state index in [0.29, 0.717) is 13.2 Å². The largest absolute Gasteiger partial charge is 0.389 e. The van der Waals surface area contributed by atoms with Gasteiger partial charge in [0.2, 0.25) is 0 Å². The summed E-state index contributed by atoms with van der Waals surface area (Å²) in [7, 11) is 0. The van der Waals surface area contributed by atoms with E-state index in [4.69, 9.17) is 4.74 Å². The lowest BCUT2D eigenvalue weighted by Crippen LogP contribution is -2.30. The maximum Gasteiger partial charge on any atom is 0.0897 e. The lowest BCUT2D eigenvalue weighted by atomic mass is 10.3. The normalized spacial score (nSPS) is 12.9. The standard InChI is InChI=1S/C13H23NO2S/c1-3-4-6-16-10-12(15)8-14-9-13-11(2)5-7-17-13/h5,7,12,14-15H,3-4,6,8-10H2,1-2H3. The Kier molecular flexibility index (Phi) is 7.44. The average Bonchev–Trinajstić information content (AvgIpc) is 2.71. The van der Waals surface area contributed by atoms with E-state index in [0.717, 1.165) is 26.0 Å². The molecule has 0 aliphatic rings. The number of aryl methyl sites for hydroxylation is 1. The van der Waals surface area contributed by atoms with Crippen molar-refractivity contribution in [3.8, 4) is 0 Å². The molecule has 0 aromatic carbocycles. The summed E-state index contributed by atoms with van der Waals surface area (Å²) in [5.74, 6) is 0. The monoisotopic (exact) mass is 257 g/mol. The number of aliphatic hydroxyl groups is 1. The van der Waals surface area contributed by atoms with E-state index in [-0.39, 0.29) is 0 Å². The van der Waals surface area contributed by atoms with Crippen LogP contribution < -0.4 is 5.32 Å². The van der Waals surface area contributed by atoms with E-state index >= 15 is 0 Å². The molecule has 0 spiro atoms. The Bertz CT molecular complexity index is 301. The molecule has 0 saturated carbocycles. The van der Waals surface area contributed by atoms with Crippen molar-refractivity contribution in [1.82, 2.24) is 5.32 Å². The molecule has 0 bridgehead atoms. The van der Waals surface area contributed by atoms with E-state index in [1.165, 1.54) is 10.4 Å². The topological polar surface area (TPSA) is 41.5 Å². The summed E-state index contributed by atoms with van der Waals surface area (Å²) in [5.41, 5.74) is 1.32. The van der Waals surface area contributed by atoms with Gasteiger partial charge >= 0.3 is 0 Å². The first kappa shape index (κ1) is 14.6. The van der Waals surface area contributed by atoms with E-state index in [1.54, 1.807) is 11.3 Å². The molecule has 0 aliphatic heterocycles. The molecule has 2 N–H and O–H groups in total. The molecule has 0 saturated heterocycles. The van der Waals surface area contributed by atoms with Gasteiger partial charge in [-0.3, -0.25) is 0 Å². The fourth-order valence-electron chi connectivity index (χ4n) is 1.46. The van der Waals surface area contributed by atoms with Gasteiger partial charge in [-0.25, -0.2) is 0 Å². The van der Waals surface area contributed by atoms with Crippen LogP contribution in [0.5, 0.6) is 0 Å². The number of hydrogen-bond acceptors (Lipinski definition) is 4. The minimum atomic E-state index is -0.410. The first-order chi connectivity index (χ1) is 8.24. The Hall–Kier alpha value is -0.420. The Morgan fingerprint density at radius 3 is 3.00 bits per heavy atom. The summed E-state index contributed by atoms with van der Waals surface area (Å²) in [6.45, 7) is 6.83. The van der Waals surface area contributed by atoms with Crippen molar-refractivity contribution in [1.29, 1.82) is 0 Å². The quantitative estimate of drug-likeness (QED) is 0.667. The van der Waals surface area contributed by atoms with Crippen LogP contribution in [0.3, 0.4) is 0 Å². The highest BCUT2D eigenvalue weighted by atomic mass is 32.1. The zero-order chi connectivity index (χ0) is 12.5. The summed E-state index contributed by atoms with van der Waals surface area (Å²) in [6.07, 6.45) is 1.78. The number of ether oxygens (including phenoxy) is 1. The summed E-state index contributed by atoms with van der Waals surface area (Å²) >= 11 is 1.75. The fourth-order valence-corrected chi connectivity index (χ4v) is 2.34. The third-order valence-electron chi connectivity index (χ3n) is 2.59. The second kappa shape index (κ2) is 8.64. The van der Waals surface area contributed by atoms with Crippen LogP contribution in [0.4, 0.5) is 0 Å². The fraction of sp³-hybridized carbons (Fsp3) is 0.692. The van der Waals surface area contributed by atoms with Crippen molar-refractivity contribution in [2.45, 2.75) is 39.3 Å². The van der Waals surface area contributed by atoms with Gasteiger partial charge in [0, 0.05) is 24.6 Å². The Balaban J connectivity index is 2.04. The molecule has 0 radical (unpaired) electrons. The summed E-state index contributed by atoms with van der Waals surface area (Å²) in [6, 6.07) is 2.12. The van der Waals surface area contributed by atoms with Gasteiger partial charge in [-0.1, -0.05) is 13.3 Å². The molecule has 1 atom stereocenters. The maximum absolute atomic E-state index is 9.66. The van der Waals surface area contributed by atoms with E-state index in [2.05, 4.69) is 30.6 Å². The van der Waals surface area contributed by atoms with Crippen molar-refractivity contribution in [2.75, 3.05) is 19.8 Å². The van der Waals surface area contributed by atoms with Crippen molar-refractivity contribution < 1.29 is 9.84 Å². The minimum absolute atomic E-state index is 0.410. The second-order valence-electron chi connectivity index (χ2n) is 4.24. The van der Waals surface area contributed by atoms with Gasteiger partial charge in [-0.2, -0.15) is 0 Å². The average molecular weight is 257 g/mol.